The van der Waals surface area contributed by atoms with Gasteiger partial charge in [-0.05, 0) is 70.6 Å². The normalized spacial score (nSPS) is 20.8. The highest BCUT2D eigenvalue weighted by atomic mass is 16.1. The lowest BCUT2D eigenvalue weighted by Gasteiger charge is -2.28. The number of hydrogen-bond donors (Lipinski definition) is 1. The van der Waals surface area contributed by atoms with Crippen LogP contribution in [0.5, 0.6) is 0 Å². The summed E-state index contributed by atoms with van der Waals surface area (Å²) in [5.41, 5.74) is 2.54. The van der Waals surface area contributed by atoms with Crippen LogP contribution in [0.2, 0.25) is 0 Å². The SMILES string of the molecule is C=C(C)CC1(CC(C)=O)CCC(C)C1.C=C(C)NC(C)CC.CC(C)C.CCC. The Hall–Kier alpha value is -1.05. The first kappa shape index (κ1) is 32.6. The third-order valence-electron chi connectivity index (χ3n) is 4.35. The van der Waals surface area contributed by atoms with Gasteiger partial charge in [0.05, 0.1) is 0 Å². The number of nitrogens with one attached hydrogen (secondary N) is 1. The summed E-state index contributed by atoms with van der Waals surface area (Å²) in [5, 5.41) is 3.20. The molecule has 1 aliphatic carbocycles. The molecule has 0 heterocycles. The third kappa shape index (κ3) is 24.9. The Kier molecular flexibility index (Phi) is 21.3. The van der Waals surface area contributed by atoms with Crippen LogP contribution in [-0.4, -0.2) is 11.8 Å². The predicted octanol–water partition coefficient (Wildman–Crippen LogP) is 8.72. The molecule has 29 heavy (non-hydrogen) atoms. The van der Waals surface area contributed by atoms with Gasteiger partial charge in [-0.2, -0.15) is 0 Å². The van der Waals surface area contributed by atoms with E-state index in [0.29, 0.717) is 11.8 Å². The number of carbonyl (C=O) groups is 1. The van der Waals surface area contributed by atoms with Crippen molar-refractivity contribution in [2.24, 2.45) is 17.3 Å². The Morgan fingerprint density at radius 3 is 1.69 bits per heavy atom. The lowest BCUT2D eigenvalue weighted by atomic mass is 9.76. The summed E-state index contributed by atoms with van der Waals surface area (Å²) in [4.78, 5) is 11.3. The highest BCUT2D eigenvalue weighted by molar-refractivity contribution is 5.76. The van der Waals surface area contributed by atoms with Gasteiger partial charge in [-0.1, -0.05) is 73.5 Å². The van der Waals surface area contributed by atoms with E-state index in [1.54, 1.807) is 6.92 Å². The molecule has 0 saturated heterocycles. The Bertz CT molecular complexity index is 417. The van der Waals surface area contributed by atoms with E-state index in [-0.39, 0.29) is 5.41 Å². The summed E-state index contributed by atoms with van der Waals surface area (Å²) in [5.74, 6) is 1.95. The molecule has 0 amide bonds. The molecule has 3 unspecified atom stereocenters. The standard InChI is InChI=1S/C13H22O.C7H15N.C4H10.C3H8/c1-10(2)7-13(9-12(4)14)6-5-11(3)8-13;1-5-7(4)8-6(2)3;1-4(2)3;1-3-2/h11H,1,5-9H2,2-4H3;7-8H,2,5H2,1,3-4H3;4H,1-3H3;3H2,1-2H3. The summed E-state index contributed by atoms with van der Waals surface area (Å²) in [6.45, 7) is 30.8. The van der Waals surface area contributed by atoms with E-state index >= 15 is 0 Å². The molecular formula is C27H55NO. The second-order valence-electron chi connectivity index (χ2n) is 10.0. The number of rotatable bonds is 7. The molecule has 1 rings (SSSR count). The van der Waals surface area contributed by atoms with Crippen molar-refractivity contribution in [1.29, 1.82) is 0 Å². The summed E-state index contributed by atoms with van der Waals surface area (Å²) in [6.07, 6.45) is 7.90. The van der Waals surface area contributed by atoms with Crippen molar-refractivity contribution in [2.75, 3.05) is 0 Å². The number of Topliss-reactive ketones (excluding diaryl/α,β-unsaturated/α-hetero) is 1. The number of hydrogen-bond acceptors (Lipinski definition) is 2. The van der Waals surface area contributed by atoms with Crippen LogP contribution < -0.4 is 5.32 Å². The molecule has 1 N–H and O–H groups in total. The van der Waals surface area contributed by atoms with E-state index in [1.807, 2.05) is 6.92 Å². The van der Waals surface area contributed by atoms with Gasteiger partial charge in [0, 0.05) is 18.2 Å². The van der Waals surface area contributed by atoms with Crippen LogP contribution in [0.25, 0.3) is 0 Å². The van der Waals surface area contributed by atoms with Gasteiger partial charge in [0.2, 0.25) is 0 Å². The van der Waals surface area contributed by atoms with E-state index in [2.05, 4.69) is 80.8 Å². The van der Waals surface area contributed by atoms with Crippen molar-refractivity contribution >= 4 is 5.78 Å². The molecule has 1 saturated carbocycles. The molecule has 1 fully saturated rings. The zero-order valence-corrected chi connectivity index (χ0v) is 22.0. The summed E-state index contributed by atoms with van der Waals surface area (Å²) in [6, 6.07) is 0.576. The Morgan fingerprint density at radius 2 is 1.48 bits per heavy atom. The molecule has 2 nitrogen and oxygen atoms in total. The fourth-order valence-electron chi connectivity index (χ4n) is 3.57. The van der Waals surface area contributed by atoms with E-state index in [9.17, 15) is 4.79 Å². The Labute approximate surface area is 185 Å². The van der Waals surface area contributed by atoms with Crippen LogP contribution in [0.3, 0.4) is 0 Å². The fourth-order valence-corrected chi connectivity index (χ4v) is 3.57. The summed E-state index contributed by atoms with van der Waals surface area (Å²) in [7, 11) is 0. The molecular weight excluding hydrogens is 354 g/mol. The number of allylic oxidation sites excluding steroid dienone is 2. The van der Waals surface area contributed by atoms with Gasteiger partial charge >= 0.3 is 0 Å². The van der Waals surface area contributed by atoms with Crippen LogP contribution >= 0.6 is 0 Å². The van der Waals surface area contributed by atoms with Gasteiger partial charge in [-0.25, -0.2) is 0 Å². The van der Waals surface area contributed by atoms with Gasteiger partial charge in [0.25, 0.3) is 0 Å². The molecule has 2 heteroatoms. The van der Waals surface area contributed by atoms with Gasteiger partial charge in [-0.15, -0.1) is 6.58 Å². The molecule has 0 aromatic rings. The molecule has 0 spiro atoms. The first-order valence-corrected chi connectivity index (χ1v) is 11.8. The Morgan fingerprint density at radius 1 is 1.03 bits per heavy atom. The second kappa shape index (κ2) is 18.9. The smallest absolute Gasteiger partial charge is 0.130 e. The topological polar surface area (TPSA) is 29.1 Å². The molecule has 0 bridgehead atoms. The lowest BCUT2D eigenvalue weighted by molar-refractivity contribution is -0.119. The average molecular weight is 410 g/mol. The molecule has 174 valence electrons. The maximum absolute atomic E-state index is 11.3. The van der Waals surface area contributed by atoms with Crippen molar-refractivity contribution in [3.8, 4) is 0 Å². The highest BCUT2D eigenvalue weighted by Crippen LogP contribution is 2.48. The van der Waals surface area contributed by atoms with Crippen LogP contribution in [0.1, 0.15) is 121 Å². The van der Waals surface area contributed by atoms with Gasteiger partial charge < -0.3 is 10.1 Å². The fraction of sp³-hybridized carbons (Fsp3) is 0.815. The molecule has 0 aliphatic heterocycles. The molecule has 0 radical (unpaired) electrons. The maximum atomic E-state index is 11.3. The number of carbonyl (C=O) groups excluding carboxylic acids is 1. The van der Waals surface area contributed by atoms with Gasteiger partial charge in [0.1, 0.15) is 5.78 Å². The highest BCUT2D eigenvalue weighted by Gasteiger charge is 2.37. The Balaban J connectivity index is -0.000000381. The molecule has 3 atom stereocenters. The van der Waals surface area contributed by atoms with Crippen LogP contribution in [-0.2, 0) is 4.79 Å². The minimum absolute atomic E-state index is 0.261. The van der Waals surface area contributed by atoms with E-state index in [0.717, 1.165) is 36.8 Å². The number of ketones is 1. The van der Waals surface area contributed by atoms with Crippen LogP contribution in [0.4, 0.5) is 0 Å². The van der Waals surface area contributed by atoms with Crippen LogP contribution in [0, 0.1) is 17.3 Å². The van der Waals surface area contributed by atoms with Crippen molar-refractivity contribution in [1.82, 2.24) is 5.32 Å². The van der Waals surface area contributed by atoms with Crippen molar-refractivity contribution < 1.29 is 4.79 Å². The minimum Gasteiger partial charge on any atom is -0.387 e. The maximum Gasteiger partial charge on any atom is 0.130 e. The largest absolute Gasteiger partial charge is 0.387 e. The minimum atomic E-state index is 0.261. The first-order valence-electron chi connectivity index (χ1n) is 11.8. The lowest BCUT2D eigenvalue weighted by Crippen LogP contribution is -2.22. The third-order valence-corrected chi connectivity index (χ3v) is 4.35. The molecule has 1 aliphatic rings. The average Bonchev–Trinajstić information content (AvgIpc) is 2.86. The van der Waals surface area contributed by atoms with Crippen molar-refractivity contribution in [3.05, 3.63) is 24.4 Å². The van der Waals surface area contributed by atoms with Crippen molar-refractivity contribution in [3.63, 3.8) is 0 Å². The monoisotopic (exact) mass is 409 g/mol. The zero-order chi connectivity index (χ0) is 23.6. The summed E-state index contributed by atoms with van der Waals surface area (Å²) < 4.78 is 0. The van der Waals surface area contributed by atoms with Gasteiger partial charge in [-0.3, -0.25) is 0 Å². The van der Waals surface area contributed by atoms with E-state index in [4.69, 9.17) is 0 Å². The summed E-state index contributed by atoms with van der Waals surface area (Å²) >= 11 is 0. The first-order chi connectivity index (χ1) is 13.2. The van der Waals surface area contributed by atoms with E-state index < -0.39 is 0 Å². The quantitative estimate of drug-likeness (QED) is 0.426. The molecule has 0 aromatic carbocycles. The second-order valence-corrected chi connectivity index (χ2v) is 10.0. The van der Waals surface area contributed by atoms with E-state index in [1.165, 1.54) is 31.3 Å². The van der Waals surface area contributed by atoms with Crippen molar-refractivity contribution in [2.45, 2.75) is 127 Å². The zero-order valence-electron chi connectivity index (χ0n) is 22.0. The molecule has 0 aromatic heterocycles. The predicted molar refractivity (Wildman–Crippen MR) is 134 cm³/mol. The van der Waals surface area contributed by atoms with Gasteiger partial charge in [0.15, 0.2) is 0 Å². The van der Waals surface area contributed by atoms with Crippen LogP contribution in [0.15, 0.2) is 24.4 Å².